The van der Waals surface area contributed by atoms with Crippen molar-refractivity contribution in [3.05, 3.63) is 29.8 Å². The molecule has 1 atom stereocenters. The van der Waals surface area contributed by atoms with Crippen molar-refractivity contribution >= 4 is 17.5 Å². The van der Waals surface area contributed by atoms with Crippen LogP contribution in [0.25, 0.3) is 0 Å². The number of nitrogens with one attached hydrogen (secondary N) is 2. The van der Waals surface area contributed by atoms with Crippen LogP contribution in [0.1, 0.15) is 23.2 Å². The van der Waals surface area contributed by atoms with Gasteiger partial charge in [-0.1, -0.05) is 12.1 Å². The van der Waals surface area contributed by atoms with E-state index in [9.17, 15) is 9.59 Å². The summed E-state index contributed by atoms with van der Waals surface area (Å²) in [5.41, 5.74) is 6.20. The topological polar surface area (TPSA) is 93.5 Å². The first-order valence-corrected chi connectivity index (χ1v) is 6.68. The smallest absolute Gasteiger partial charge is 0.250 e. The number of para-hydroxylation sites is 1. The Morgan fingerprint density at radius 1 is 1.35 bits per heavy atom. The number of nitrogens with two attached hydrogens (primary N) is 1. The maximum atomic E-state index is 11.7. The average molecular weight is 277 g/mol. The van der Waals surface area contributed by atoms with E-state index in [-0.39, 0.29) is 18.6 Å². The lowest BCUT2D eigenvalue weighted by atomic mass is 10.1. The molecule has 0 aromatic heterocycles. The molecule has 20 heavy (non-hydrogen) atoms. The minimum Gasteiger partial charge on any atom is -0.376 e. The van der Waals surface area contributed by atoms with Gasteiger partial charge in [0, 0.05) is 18.8 Å². The Morgan fingerprint density at radius 2 is 2.15 bits per heavy atom. The molecule has 1 aliphatic rings. The zero-order chi connectivity index (χ0) is 14.4. The van der Waals surface area contributed by atoms with Gasteiger partial charge in [-0.25, -0.2) is 0 Å². The Labute approximate surface area is 117 Å². The van der Waals surface area contributed by atoms with Gasteiger partial charge >= 0.3 is 0 Å². The molecule has 1 saturated heterocycles. The highest BCUT2D eigenvalue weighted by Gasteiger charge is 2.16. The van der Waals surface area contributed by atoms with Gasteiger partial charge in [0.15, 0.2) is 0 Å². The first-order chi connectivity index (χ1) is 9.66. The van der Waals surface area contributed by atoms with Crippen LogP contribution in [0.5, 0.6) is 0 Å². The summed E-state index contributed by atoms with van der Waals surface area (Å²) < 4.78 is 5.42. The third-order valence-corrected chi connectivity index (χ3v) is 3.18. The molecule has 1 heterocycles. The summed E-state index contributed by atoms with van der Waals surface area (Å²) in [5.74, 6) is -0.660. The van der Waals surface area contributed by atoms with Crippen LogP contribution >= 0.6 is 0 Å². The van der Waals surface area contributed by atoms with Crippen LogP contribution in [0.3, 0.4) is 0 Å². The second-order valence-corrected chi connectivity index (χ2v) is 4.70. The molecule has 4 N–H and O–H groups in total. The van der Waals surface area contributed by atoms with Crippen molar-refractivity contribution in [2.75, 3.05) is 25.0 Å². The number of hydrogen-bond donors (Lipinski definition) is 3. The molecule has 0 bridgehead atoms. The third-order valence-electron chi connectivity index (χ3n) is 3.18. The molecule has 2 amide bonds. The number of primary amides is 1. The van der Waals surface area contributed by atoms with Crippen LogP contribution in [-0.2, 0) is 9.53 Å². The van der Waals surface area contributed by atoms with Gasteiger partial charge < -0.3 is 21.1 Å². The van der Waals surface area contributed by atoms with E-state index < -0.39 is 5.91 Å². The number of rotatable bonds is 6. The molecular formula is C14H19N3O3. The maximum Gasteiger partial charge on any atom is 0.250 e. The van der Waals surface area contributed by atoms with E-state index in [1.54, 1.807) is 24.3 Å². The molecule has 1 unspecified atom stereocenters. The zero-order valence-corrected chi connectivity index (χ0v) is 11.2. The SMILES string of the molecule is NC(=O)c1ccccc1NCC(=O)NCC1CCCO1. The minimum absolute atomic E-state index is 0.0943. The number of anilines is 1. The molecule has 0 spiro atoms. The number of ether oxygens (including phenoxy) is 1. The third kappa shape index (κ3) is 3.96. The van der Waals surface area contributed by atoms with Crippen molar-refractivity contribution in [1.29, 1.82) is 0 Å². The Kier molecular flexibility index (Phi) is 4.95. The van der Waals surface area contributed by atoms with E-state index in [0.717, 1.165) is 19.4 Å². The molecule has 1 aromatic carbocycles. The molecule has 1 aliphatic heterocycles. The van der Waals surface area contributed by atoms with Gasteiger partial charge in [-0.15, -0.1) is 0 Å². The number of carbonyl (C=O) groups excluding carboxylic acids is 2. The number of hydrogen-bond acceptors (Lipinski definition) is 4. The Morgan fingerprint density at radius 3 is 2.85 bits per heavy atom. The predicted molar refractivity (Wildman–Crippen MR) is 75.4 cm³/mol. The molecule has 0 radical (unpaired) electrons. The first-order valence-electron chi connectivity index (χ1n) is 6.68. The summed E-state index contributed by atoms with van der Waals surface area (Å²) in [5, 5.41) is 5.72. The normalized spacial score (nSPS) is 17.7. The van der Waals surface area contributed by atoms with Crippen molar-refractivity contribution < 1.29 is 14.3 Å². The Hall–Kier alpha value is -2.08. The average Bonchev–Trinajstić information content (AvgIpc) is 2.96. The molecule has 1 aromatic rings. The number of carbonyl (C=O) groups is 2. The van der Waals surface area contributed by atoms with Gasteiger partial charge in [-0.05, 0) is 25.0 Å². The van der Waals surface area contributed by atoms with Crippen LogP contribution in [0.15, 0.2) is 24.3 Å². The van der Waals surface area contributed by atoms with Crippen LogP contribution in [-0.4, -0.2) is 37.6 Å². The van der Waals surface area contributed by atoms with Crippen LogP contribution in [0.4, 0.5) is 5.69 Å². The molecule has 0 aliphatic carbocycles. The minimum atomic E-state index is -0.520. The monoisotopic (exact) mass is 277 g/mol. The maximum absolute atomic E-state index is 11.7. The highest BCUT2D eigenvalue weighted by Crippen LogP contribution is 2.13. The Bertz CT molecular complexity index is 484. The number of benzene rings is 1. The van der Waals surface area contributed by atoms with Crippen LogP contribution in [0.2, 0.25) is 0 Å². The molecule has 0 saturated carbocycles. The van der Waals surface area contributed by atoms with Gasteiger partial charge in [-0.3, -0.25) is 9.59 Å². The summed E-state index contributed by atoms with van der Waals surface area (Å²) in [6, 6.07) is 6.84. The summed E-state index contributed by atoms with van der Waals surface area (Å²) >= 11 is 0. The van der Waals surface area contributed by atoms with E-state index >= 15 is 0 Å². The van der Waals surface area contributed by atoms with E-state index in [2.05, 4.69) is 10.6 Å². The molecular weight excluding hydrogens is 258 g/mol. The Balaban J connectivity index is 1.79. The van der Waals surface area contributed by atoms with Gasteiger partial charge in [0.2, 0.25) is 5.91 Å². The molecule has 6 heteroatoms. The molecule has 1 fully saturated rings. The van der Waals surface area contributed by atoms with Crippen LogP contribution < -0.4 is 16.4 Å². The van der Waals surface area contributed by atoms with Crippen molar-refractivity contribution in [2.24, 2.45) is 5.73 Å². The summed E-state index contributed by atoms with van der Waals surface area (Å²) in [6.45, 7) is 1.39. The zero-order valence-electron chi connectivity index (χ0n) is 11.2. The second kappa shape index (κ2) is 6.91. The fourth-order valence-electron chi connectivity index (χ4n) is 2.12. The molecule has 6 nitrogen and oxygen atoms in total. The quantitative estimate of drug-likeness (QED) is 0.705. The highest BCUT2D eigenvalue weighted by atomic mass is 16.5. The largest absolute Gasteiger partial charge is 0.376 e. The van der Waals surface area contributed by atoms with Gasteiger partial charge in [0.1, 0.15) is 0 Å². The number of amides is 2. The van der Waals surface area contributed by atoms with E-state index in [1.807, 2.05) is 0 Å². The fraction of sp³-hybridized carbons (Fsp3) is 0.429. The van der Waals surface area contributed by atoms with Gasteiger partial charge in [-0.2, -0.15) is 0 Å². The second-order valence-electron chi connectivity index (χ2n) is 4.70. The van der Waals surface area contributed by atoms with Crippen molar-refractivity contribution in [2.45, 2.75) is 18.9 Å². The van der Waals surface area contributed by atoms with Gasteiger partial charge in [0.25, 0.3) is 5.91 Å². The summed E-state index contributed by atoms with van der Waals surface area (Å²) in [6.07, 6.45) is 2.15. The van der Waals surface area contributed by atoms with E-state index in [1.165, 1.54) is 0 Å². The fourth-order valence-corrected chi connectivity index (χ4v) is 2.12. The first kappa shape index (κ1) is 14.3. The highest BCUT2D eigenvalue weighted by molar-refractivity contribution is 5.98. The standard InChI is InChI=1S/C14H19N3O3/c15-14(19)11-5-1-2-6-12(11)16-9-13(18)17-8-10-4-3-7-20-10/h1-2,5-6,10,16H,3-4,7-9H2,(H2,15,19)(H,17,18). The summed E-state index contributed by atoms with van der Waals surface area (Å²) in [7, 11) is 0. The lowest BCUT2D eigenvalue weighted by Crippen LogP contribution is -2.35. The lowest BCUT2D eigenvalue weighted by molar-refractivity contribution is -0.119. The van der Waals surface area contributed by atoms with E-state index in [4.69, 9.17) is 10.5 Å². The van der Waals surface area contributed by atoms with Crippen molar-refractivity contribution in [3.8, 4) is 0 Å². The molecule has 2 rings (SSSR count). The molecule has 108 valence electrons. The predicted octanol–water partition coefficient (Wildman–Crippen LogP) is 0.493. The van der Waals surface area contributed by atoms with Gasteiger partial charge in [0.05, 0.1) is 18.2 Å². The van der Waals surface area contributed by atoms with Crippen molar-refractivity contribution in [3.63, 3.8) is 0 Å². The lowest BCUT2D eigenvalue weighted by Gasteiger charge is -2.12. The van der Waals surface area contributed by atoms with Crippen molar-refractivity contribution in [1.82, 2.24) is 5.32 Å². The van der Waals surface area contributed by atoms with E-state index in [0.29, 0.717) is 17.8 Å². The van der Waals surface area contributed by atoms with Crippen LogP contribution in [0, 0.1) is 0 Å². The summed E-state index contributed by atoms with van der Waals surface area (Å²) in [4.78, 5) is 22.9.